The Morgan fingerprint density at radius 2 is 1.57 bits per heavy atom. The van der Waals surface area contributed by atoms with Crippen molar-refractivity contribution in [1.82, 2.24) is 10.2 Å². The van der Waals surface area contributed by atoms with E-state index in [1.165, 1.54) is 17.0 Å². The molecule has 37 heavy (non-hydrogen) atoms. The smallest absolute Gasteiger partial charge is 0.244 e. The van der Waals surface area contributed by atoms with E-state index in [0.717, 1.165) is 39.4 Å². The molecule has 0 aliphatic rings. The lowest BCUT2D eigenvalue weighted by atomic mass is 10.0. The Kier molecular flexibility index (Phi) is 9.41. The Morgan fingerprint density at radius 3 is 2.16 bits per heavy atom. The number of nitrogens with zero attached hydrogens (tertiary/aromatic N) is 2. The summed E-state index contributed by atoms with van der Waals surface area (Å²) in [4.78, 5) is 28.6. The van der Waals surface area contributed by atoms with Gasteiger partial charge in [0.1, 0.15) is 18.4 Å². The van der Waals surface area contributed by atoms with Crippen LogP contribution in [0.1, 0.15) is 23.6 Å². The lowest BCUT2D eigenvalue weighted by Gasteiger charge is -2.33. The Balaban J connectivity index is 2.04. The van der Waals surface area contributed by atoms with E-state index in [-0.39, 0.29) is 24.6 Å². The maximum Gasteiger partial charge on any atom is 0.244 e. The van der Waals surface area contributed by atoms with Gasteiger partial charge in [0, 0.05) is 19.5 Å². The molecule has 0 aromatic heterocycles. The summed E-state index contributed by atoms with van der Waals surface area (Å²) in [5, 5.41) is 2.82. The highest BCUT2D eigenvalue weighted by Gasteiger charge is 2.33. The summed E-state index contributed by atoms with van der Waals surface area (Å²) in [5.74, 6) is -1.41. The highest BCUT2D eigenvalue weighted by molar-refractivity contribution is 7.92. The third-order valence-electron chi connectivity index (χ3n) is 6.02. The van der Waals surface area contributed by atoms with E-state index in [0.29, 0.717) is 6.54 Å². The van der Waals surface area contributed by atoms with E-state index in [1.54, 1.807) is 6.92 Å². The topological polar surface area (TPSA) is 86.8 Å². The molecule has 0 saturated carbocycles. The molecule has 2 amide bonds. The van der Waals surface area contributed by atoms with Crippen LogP contribution in [0.15, 0.2) is 78.9 Å². The van der Waals surface area contributed by atoms with E-state index in [2.05, 4.69) is 5.32 Å². The second-order valence-corrected chi connectivity index (χ2v) is 10.7. The molecule has 3 aromatic carbocycles. The molecule has 9 heteroatoms. The highest BCUT2D eigenvalue weighted by atomic mass is 32.2. The summed E-state index contributed by atoms with van der Waals surface area (Å²) in [7, 11) is -3.89. The maximum absolute atomic E-state index is 13.9. The van der Waals surface area contributed by atoms with Gasteiger partial charge >= 0.3 is 0 Å². The normalized spacial score (nSPS) is 12.0. The molecule has 1 unspecified atom stereocenters. The first-order valence-corrected chi connectivity index (χ1v) is 13.8. The van der Waals surface area contributed by atoms with Gasteiger partial charge in [-0.05, 0) is 54.8 Å². The summed E-state index contributed by atoms with van der Waals surface area (Å²) in [6.07, 6.45) is 1.24. The van der Waals surface area contributed by atoms with Crippen molar-refractivity contribution in [3.05, 3.63) is 101 Å². The number of anilines is 1. The predicted molar refractivity (Wildman–Crippen MR) is 143 cm³/mol. The average molecular weight is 526 g/mol. The standard InChI is InChI=1S/C28H32FN3O4S/c1-4-30-28(34)26(18-22-11-6-5-7-12-22)31(19-23-13-9-8-10-21(23)2)27(33)20-32(37(3,35)36)25-16-14-24(29)15-17-25/h5-17,26H,4,18-20H2,1-3H3,(H,30,34). The fourth-order valence-electron chi connectivity index (χ4n) is 4.04. The number of carbonyl (C=O) groups excluding carboxylic acids is 2. The fraction of sp³-hybridized carbons (Fsp3) is 0.286. The number of sulfonamides is 1. The van der Waals surface area contributed by atoms with Gasteiger partial charge in [-0.1, -0.05) is 54.6 Å². The molecule has 0 saturated heterocycles. The van der Waals surface area contributed by atoms with Gasteiger partial charge < -0.3 is 10.2 Å². The lowest BCUT2D eigenvalue weighted by molar-refractivity contribution is -0.140. The fourth-order valence-corrected chi connectivity index (χ4v) is 4.89. The van der Waals surface area contributed by atoms with Gasteiger partial charge in [0.15, 0.2) is 0 Å². The summed E-state index contributed by atoms with van der Waals surface area (Å²) in [6, 6.07) is 20.9. The van der Waals surface area contributed by atoms with Crippen molar-refractivity contribution in [2.45, 2.75) is 32.9 Å². The van der Waals surface area contributed by atoms with E-state index in [1.807, 2.05) is 61.5 Å². The largest absolute Gasteiger partial charge is 0.355 e. The first-order valence-electron chi connectivity index (χ1n) is 12.0. The van der Waals surface area contributed by atoms with Crippen LogP contribution in [0.3, 0.4) is 0 Å². The van der Waals surface area contributed by atoms with Crippen molar-refractivity contribution >= 4 is 27.5 Å². The molecule has 0 radical (unpaired) electrons. The summed E-state index contributed by atoms with van der Waals surface area (Å²) in [5.41, 5.74) is 2.80. The van der Waals surface area contributed by atoms with Crippen LogP contribution in [0.2, 0.25) is 0 Å². The molecule has 0 aliphatic heterocycles. The molecule has 7 nitrogen and oxygen atoms in total. The zero-order valence-corrected chi connectivity index (χ0v) is 22.0. The molecule has 3 rings (SSSR count). The van der Waals surface area contributed by atoms with E-state index in [4.69, 9.17) is 0 Å². The van der Waals surface area contributed by atoms with Crippen molar-refractivity contribution < 1.29 is 22.4 Å². The summed E-state index contributed by atoms with van der Waals surface area (Å²) in [6.45, 7) is 3.66. The number of aryl methyl sites for hydroxylation is 1. The van der Waals surface area contributed by atoms with Gasteiger partial charge in [-0.2, -0.15) is 0 Å². The average Bonchev–Trinajstić information content (AvgIpc) is 2.86. The molecule has 0 fully saturated rings. The zero-order chi connectivity index (χ0) is 27.0. The first kappa shape index (κ1) is 27.9. The quantitative estimate of drug-likeness (QED) is 0.414. The molecular weight excluding hydrogens is 493 g/mol. The zero-order valence-electron chi connectivity index (χ0n) is 21.2. The van der Waals surface area contributed by atoms with Gasteiger partial charge in [0.05, 0.1) is 11.9 Å². The van der Waals surface area contributed by atoms with Crippen LogP contribution in [-0.4, -0.2) is 50.5 Å². The van der Waals surface area contributed by atoms with Crippen LogP contribution in [0.4, 0.5) is 10.1 Å². The maximum atomic E-state index is 13.9. The molecule has 0 spiro atoms. The lowest BCUT2D eigenvalue weighted by Crippen LogP contribution is -2.53. The van der Waals surface area contributed by atoms with Crippen LogP contribution >= 0.6 is 0 Å². The monoisotopic (exact) mass is 525 g/mol. The van der Waals surface area contributed by atoms with Gasteiger partial charge in [0.2, 0.25) is 21.8 Å². The molecule has 196 valence electrons. The highest BCUT2D eigenvalue weighted by Crippen LogP contribution is 2.21. The van der Waals surface area contributed by atoms with E-state index < -0.39 is 34.3 Å². The number of halogens is 1. The molecular formula is C28H32FN3O4S. The summed E-state index contributed by atoms with van der Waals surface area (Å²) < 4.78 is 39.8. The van der Waals surface area contributed by atoms with Crippen LogP contribution in [0.25, 0.3) is 0 Å². The molecule has 1 N–H and O–H groups in total. The van der Waals surface area contributed by atoms with Crippen molar-refractivity contribution in [2.24, 2.45) is 0 Å². The number of nitrogens with one attached hydrogen (secondary N) is 1. The van der Waals surface area contributed by atoms with Crippen LogP contribution < -0.4 is 9.62 Å². The molecule has 0 heterocycles. The second-order valence-electron chi connectivity index (χ2n) is 8.79. The van der Waals surface area contributed by atoms with Crippen LogP contribution in [-0.2, 0) is 32.6 Å². The van der Waals surface area contributed by atoms with Crippen LogP contribution in [0, 0.1) is 12.7 Å². The minimum Gasteiger partial charge on any atom is -0.355 e. The van der Waals surface area contributed by atoms with Gasteiger partial charge in [-0.25, -0.2) is 12.8 Å². The minimum atomic E-state index is -3.89. The third-order valence-corrected chi connectivity index (χ3v) is 7.16. The number of likely N-dealkylation sites (N-methyl/N-ethyl adjacent to an activating group) is 1. The molecule has 0 bridgehead atoms. The van der Waals surface area contributed by atoms with Gasteiger partial charge in [-0.15, -0.1) is 0 Å². The number of benzene rings is 3. The molecule has 3 aromatic rings. The third kappa shape index (κ3) is 7.63. The van der Waals surface area contributed by atoms with Gasteiger partial charge in [0.25, 0.3) is 0 Å². The Hall–Kier alpha value is -3.72. The summed E-state index contributed by atoms with van der Waals surface area (Å²) >= 11 is 0. The SMILES string of the molecule is CCNC(=O)C(Cc1ccccc1)N(Cc1ccccc1C)C(=O)CN(c1ccc(F)cc1)S(C)(=O)=O. The number of hydrogen-bond donors (Lipinski definition) is 1. The van der Waals surface area contributed by atoms with Crippen molar-refractivity contribution in [2.75, 3.05) is 23.7 Å². The Labute approximate surface area is 218 Å². The predicted octanol–water partition coefficient (Wildman–Crippen LogP) is 3.68. The van der Waals surface area contributed by atoms with Crippen molar-refractivity contribution in [3.63, 3.8) is 0 Å². The number of hydrogen-bond acceptors (Lipinski definition) is 4. The Morgan fingerprint density at radius 1 is 0.946 bits per heavy atom. The van der Waals surface area contributed by atoms with E-state index in [9.17, 15) is 22.4 Å². The molecule has 1 atom stereocenters. The van der Waals surface area contributed by atoms with Gasteiger partial charge in [-0.3, -0.25) is 13.9 Å². The second kappa shape index (κ2) is 12.5. The number of carbonyl (C=O) groups is 2. The Bertz CT molecular complexity index is 1310. The van der Waals surface area contributed by atoms with Crippen molar-refractivity contribution in [1.29, 1.82) is 0 Å². The molecule has 0 aliphatic carbocycles. The van der Waals surface area contributed by atoms with E-state index >= 15 is 0 Å². The number of rotatable bonds is 11. The number of amides is 2. The first-order chi connectivity index (χ1) is 17.6. The minimum absolute atomic E-state index is 0.112. The van der Waals surface area contributed by atoms with Crippen molar-refractivity contribution in [3.8, 4) is 0 Å². The van der Waals surface area contributed by atoms with Crippen LogP contribution in [0.5, 0.6) is 0 Å².